The minimum absolute atomic E-state index is 0.249. The molecular formula is C50H82N2O6S2. The van der Waals surface area contributed by atoms with Gasteiger partial charge in [-0.15, -0.1) is 22.7 Å². The topological polar surface area (TPSA) is 133 Å². The Hall–Kier alpha value is -2.40. The van der Waals surface area contributed by atoms with Crippen LogP contribution >= 0.6 is 22.7 Å². The molecule has 0 spiro atoms. The lowest BCUT2D eigenvalue weighted by atomic mass is 9.66. The number of aliphatic hydroxyl groups is 2. The van der Waals surface area contributed by atoms with Crippen molar-refractivity contribution < 1.29 is 29.4 Å². The lowest BCUT2D eigenvalue weighted by Crippen LogP contribution is -2.59. The van der Waals surface area contributed by atoms with Crippen LogP contribution in [0.5, 0.6) is 0 Å². The van der Waals surface area contributed by atoms with Gasteiger partial charge in [0.25, 0.3) is 11.8 Å². The van der Waals surface area contributed by atoms with Crippen molar-refractivity contribution in [1.29, 1.82) is 0 Å². The van der Waals surface area contributed by atoms with Crippen molar-refractivity contribution in [2.45, 2.75) is 206 Å². The molecule has 0 bridgehead atoms. The van der Waals surface area contributed by atoms with Crippen LogP contribution in [0, 0.1) is 23.7 Å². The summed E-state index contributed by atoms with van der Waals surface area (Å²) in [5.74, 6) is -4.54. The van der Waals surface area contributed by atoms with Gasteiger partial charge >= 0.3 is 0 Å². The highest BCUT2D eigenvalue weighted by atomic mass is 32.1. The molecule has 0 aromatic carbocycles. The molecule has 1 fully saturated rings. The Morgan fingerprint density at radius 2 is 0.850 bits per heavy atom. The second-order valence-electron chi connectivity index (χ2n) is 17.9. The van der Waals surface area contributed by atoms with Gasteiger partial charge in [-0.1, -0.05) is 168 Å². The number of nitrogens with one attached hydrogen (secondary N) is 2. The molecular weight excluding hydrogens is 789 g/mol. The van der Waals surface area contributed by atoms with E-state index in [0.717, 1.165) is 89.9 Å². The summed E-state index contributed by atoms with van der Waals surface area (Å²) in [6.45, 7) is 9.61. The van der Waals surface area contributed by atoms with Gasteiger partial charge in [-0.3, -0.25) is 19.2 Å². The van der Waals surface area contributed by atoms with E-state index in [1.54, 1.807) is 35.0 Å². The fourth-order valence-electron chi connectivity index (χ4n) is 9.14. The third kappa shape index (κ3) is 16.1. The molecule has 2 aromatic heterocycles. The second-order valence-corrected chi connectivity index (χ2v) is 19.8. The van der Waals surface area contributed by atoms with Crippen LogP contribution in [0.2, 0.25) is 0 Å². The molecule has 6 unspecified atom stereocenters. The monoisotopic (exact) mass is 871 g/mol. The van der Waals surface area contributed by atoms with E-state index >= 15 is 0 Å². The van der Waals surface area contributed by atoms with Crippen LogP contribution < -0.4 is 10.6 Å². The summed E-state index contributed by atoms with van der Waals surface area (Å²) >= 11 is 2.37. The first-order chi connectivity index (χ1) is 29.1. The quantitative estimate of drug-likeness (QED) is 0.0518. The average Bonchev–Trinajstić information content (AvgIpc) is 4.01. The van der Waals surface area contributed by atoms with Crippen molar-refractivity contribution in [2.75, 3.05) is 13.1 Å². The molecule has 1 saturated carbocycles. The van der Waals surface area contributed by atoms with Gasteiger partial charge in [0, 0.05) is 35.7 Å². The average molecular weight is 871 g/mol. The molecule has 340 valence electrons. The lowest BCUT2D eigenvalue weighted by molar-refractivity contribution is -0.168. The molecule has 10 heteroatoms. The summed E-state index contributed by atoms with van der Waals surface area (Å²) in [5, 5.41) is 34.5. The first-order valence-corrected chi connectivity index (χ1v) is 26.0. The van der Waals surface area contributed by atoms with Crippen LogP contribution in [0.3, 0.4) is 0 Å². The Kier molecular flexibility index (Phi) is 25.2. The lowest BCUT2D eigenvalue weighted by Gasteiger charge is -2.41. The van der Waals surface area contributed by atoms with Crippen molar-refractivity contribution in [3.63, 3.8) is 0 Å². The molecule has 2 amide bonds. The summed E-state index contributed by atoms with van der Waals surface area (Å²) in [6, 6.07) is 6.75. The second kappa shape index (κ2) is 29.1. The van der Waals surface area contributed by atoms with Gasteiger partial charge in [0.15, 0.2) is 11.2 Å². The maximum Gasteiger partial charge on any atom is 0.258 e. The van der Waals surface area contributed by atoms with Crippen LogP contribution in [-0.4, -0.2) is 46.7 Å². The maximum atomic E-state index is 14.3. The van der Waals surface area contributed by atoms with Crippen molar-refractivity contribution in [2.24, 2.45) is 23.7 Å². The van der Waals surface area contributed by atoms with Crippen LogP contribution in [0.1, 0.15) is 204 Å². The standard InChI is InChI=1S/C50H82N2O6S2/c1-5-9-13-17-19-23-29-39(27-21-15-11-7-3)37-51-47(55)49(57,45-31-25-33-59-45)41-35-44(54)42(36-43(41)53)50(58,46-32-26-34-60-46)48(56)52-38-40(28-22-16-12-8-4)30-24-20-18-14-10-6-2/h25-26,31-34,39-42,57-58H,5-24,27-30,35-38H2,1-4H3,(H,51,55)(H,52,56). The summed E-state index contributed by atoms with van der Waals surface area (Å²) in [6.07, 6.45) is 26.4. The molecule has 1 aliphatic carbocycles. The van der Waals surface area contributed by atoms with Crippen molar-refractivity contribution in [3.05, 3.63) is 44.8 Å². The minimum atomic E-state index is -2.26. The van der Waals surface area contributed by atoms with Crippen LogP contribution in [0.4, 0.5) is 0 Å². The molecule has 0 saturated heterocycles. The van der Waals surface area contributed by atoms with Crippen LogP contribution in [0.15, 0.2) is 35.0 Å². The van der Waals surface area contributed by atoms with E-state index in [2.05, 4.69) is 38.3 Å². The molecule has 0 aliphatic heterocycles. The number of ketones is 2. The largest absolute Gasteiger partial charge is 0.374 e. The molecule has 60 heavy (non-hydrogen) atoms. The Bertz CT molecular complexity index is 1370. The van der Waals surface area contributed by atoms with E-state index in [1.165, 1.54) is 86.9 Å². The Morgan fingerprint density at radius 3 is 1.15 bits per heavy atom. The van der Waals surface area contributed by atoms with E-state index in [4.69, 9.17) is 0 Å². The van der Waals surface area contributed by atoms with E-state index in [-0.39, 0.29) is 11.8 Å². The smallest absolute Gasteiger partial charge is 0.258 e. The van der Waals surface area contributed by atoms with E-state index < -0.39 is 59.3 Å². The molecule has 2 aromatic rings. The van der Waals surface area contributed by atoms with Gasteiger partial charge in [0.1, 0.15) is 11.6 Å². The summed E-state index contributed by atoms with van der Waals surface area (Å²) in [7, 11) is 0. The number of hydrogen-bond donors (Lipinski definition) is 4. The Labute approximate surface area is 371 Å². The molecule has 1 aliphatic rings. The fourth-order valence-corrected chi connectivity index (χ4v) is 10.9. The van der Waals surface area contributed by atoms with E-state index in [9.17, 15) is 29.4 Å². The van der Waals surface area contributed by atoms with Gasteiger partial charge in [-0.05, 0) is 60.4 Å². The van der Waals surface area contributed by atoms with E-state index in [1.807, 2.05) is 0 Å². The van der Waals surface area contributed by atoms with Gasteiger partial charge in [-0.25, -0.2) is 0 Å². The molecule has 6 atom stereocenters. The summed E-state index contributed by atoms with van der Waals surface area (Å²) in [5.41, 5.74) is -4.52. The highest BCUT2D eigenvalue weighted by Crippen LogP contribution is 2.45. The number of carbonyl (C=O) groups is 4. The van der Waals surface area contributed by atoms with Crippen molar-refractivity contribution in [1.82, 2.24) is 10.6 Å². The normalized spacial score (nSPS) is 18.8. The number of hydrogen-bond acceptors (Lipinski definition) is 8. The number of amides is 2. The van der Waals surface area contributed by atoms with Gasteiger partial charge in [0.05, 0.1) is 11.8 Å². The summed E-state index contributed by atoms with van der Waals surface area (Å²) < 4.78 is 0. The Balaban J connectivity index is 1.78. The molecule has 4 N–H and O–H groups in total. The molecule has 3 rings (SSSR count). The zero-order chi connectivity index (χ0) is 43.6. The summed E-state index contributed by atoms with van der Waals surface area (Å²) in [4.78, 5) is 57.9. The van der Waals surface area contributed by atoms with Crippen LogP contribution in [-0.2, 0) is 30.4 Å². The number of unbranched alkanes of at least 4 members (excludes halogenated alkanes) is 16. The highest BCUT2D eigenvalue weighted by Gasteiger charge is 2.58. The van der Waals surface area contributed by atoms with Crippen molar-refractivity contribution >= 4 is 46.1 Å². The van der Waals surface area contributed by atoms with Gasteiger partial charge in [-0.2, -0.15) is 0 Å². The Morgan fingerprint density at radius 1 is 0.550 bits per heavy atom. The predicted molar refractivity (Wildman–Crippen MR) is 249 cm³/mol. The molecule has 8 nitrogen and oxygen atoms in total. The van der Waals surface area contributed by atoms with E-state index in [0.29, 0.717) is 22.8 Å². The van der Waals surface area contributed by atoms with Gasteiger partial charge in [0.2, 0.25) is 0 Å². The third-order valence-corrected chi connectivity index (χ3v) is 15.0. The predicted octanol–water partition coefficient (Wildman–Crippen LogP) is 12.0. The first kappa shape index (κ1) is 51.9. The van der Waals surface area contributed by atoms with Crippen LogP contribution in [0.25, 0.3) is 0 Å². The number of Topliss-reactive ketones (excluding diaryl/α,β-unsaturated/α-hetero) is 2. The molecule has 0 radical (unpaired) electrons. The molecule has 2 heterocycles. The number of thiophene rings is 2. The SMILES string of the molecule is CCCCCCCCC(CCCCCC)CNC(=O)C(O)(c1cccs1)C1CC(=O)C(C(O)(C(=O)NCC(CCCCCC)CCCCCCCC)c2cccs2)CC1=O. The van der Waals surface area contributed by atoms with Gasteiger partial charge < -0.3 is 20.8 Å². The highest BCUT2D eigenvalue weighted by molar-refractivity contribution is 7.10. The zero-order valence-corrected chi connectivity index (χ0v) is 39.5. The fraction of sp³-hybridized carbons (Fsp3) is 0.760. The van der Waals surface area contributed by atoms with Crippen molar-refractivity contribution in [3.8, 4) is 0 Å². The third-order valence-electron chi connectivity index (χ3n) is 13.0. The maximum absolute atomic E-state index is 14.3. The zero-order valence-electron chi connectivity index (χ0n) is 37.9. The number of rotatable bonds is 34. The first-order valence-electron chi connectivity index (χ1n) is 24.2. The number of carbonyl (C=O) groups excluding carboxylic acids is 4. The minimum Gasteiger partial charge on any atom is -0.374 e.